The highest BCUT2D eigenvalue weighted by Crippen LogP contribution is 2.39. The van der Waals surface area contributed by atoms with Crippen LogP contribution >= 0.6 is 0 Å². The van der Waals surface area contributed by atoms with E-state index in [0.29, 0.717) is 23.8 Å². The minimum Gasteiger partial charge on any atom is -0.493 e. The van der Waals surface area contributed by atoms with Gasteiger partial charge in [-0.15, -0.1) is 0 Å². The molecule has 6 heteroatoms. The van der Waals surface area contributed by atoms with E-state index in [0.717, 1.165) is 24.4 Å². The zero-order valence-electron chi connectivity index (χ0n) is 12.6. The van der Waals surface area contributed by atoms with E-state index in [1.54, 1.807) is 27.5 Å². The fraction of sp³-hybridized carbons (Fsp3) is 0.400. The second-order valence-corrected chi connectivity index (χ2v) is 4.46. The van der Waals surface area contributed by atoms with Gasteiger partial charge in [0.2, 0.25) is 5.75 Å². The Morgan fingerprint density at radius 2 is 1.90 bits per heavy atom. The Kier molecular flexibility index (Phi) is 5.45. The number of H-pyrrole nitrogens is 1. The number of nitrogens with zero attached hydrogens (tertiary/aromatic N) is 1. The lowest BCUT2D eigenvalue weighted by Crippen LogP contribution is -2.17. The monoisotopic (exact) mass is 291 g/mol. The second kappa shape index (κ2) is 7.54. The maximum Gasteiger partial charge on any atom is 0.203 e. The lowest BCUT2D eigenvalue weighted by molar-refractivity contribution is 0.321. The number of aromatic nitrogens is 2. The summed E-state index contributed by atoms with van der Waals surface area (Å²) >= 11 is 0. The Morgan fingerprint density at radius 3 is 2.52 bits per heavy atom. The third-order valence-electron chi connectivity index (χ3n) is 3.19. The smallest absolute Gasteiger partial charge is 0.203 e. The highest BCUT2D eigenvalue weighted by Gasteiger charge is 2.15. The van der Waals surface area contributed by atoms with Gasteiger partial charge in [-0.3, -0.25) is 0 Å². The van der Waals surface area contributed by atoms with Gasteiger partial charge in [-0.1, -0.05) is 6.07 Å². The number of rotatable bonds is 8. The van der Waals surface area contributed by atoms with Gasteiger partial charge in [-0.25, -0.2) is 4.98 Å². The predicted molar refractivity (Wildman–Crippen MR) is 80.1 cm³/mol. The molecular weight excluding hydrogens is 270 g/mol. The van der Waals surface area contributed by atoms with Crippen molar-refractivity contribution in [2.24, 2.45) is 0 Å². The van der Waals surface area contributed by atoms with Crippen LogP contribution in [0.15, 0.2) is 24.5 Å². The Hall–Kier alpha value is -2.21. The Balaban J connectivity index is 1.99. The van der Waals surface area contributed by atoms with Crippen molar-refractivity contribution in [2.45, 2.75) is 13.0 Å². The first kappa shape index (κ1) is 15.2. The van der Waals surface area contributed by atoms with E-state index in [4.69, 9.17) is 14.2 Å². The number of methoxy groups -OCH3 is 3. The molecule has 1 aromatic carbocycles. The molecule has 0 bridgehead atoms. The minimum atomic E-state index is 0.616. The molecule has 1 heterocycles. The molecule has 0 aliphatic rings. The molecule has 0 saturated heterocycles. The van der Waals surface area contributed by atoms with Crippen molar-refractivity contribution < 1.29 is 14.2 Å². The van der Waals surface area contributed by atoms with E-state index in [1.165, 1.54) is 0 Å². The average Bonchev–Trinajstić information content (AvgIpc) is 3.03. The van der Waals surface area contributed by atoms with Crippen LogP contribution in [0.5, 0.6) is 17.2 Å². The number of nitrogens with one attached hydrogen (secondary N) is 2. The maximum atomic E-state index is 5.45. The van der Waals surface area contributed by atoms with Crippen LogP contribution in [-0.2, 0) is 13.0 Å². The largest absolute Gasteiger partial charge is 0.493 e. The van der Waals surface area contributed by atoms with Crippen molar-refractivity contribution in [1.29, 1.82) is 0 Å². The standard InChI is InChI=1S/C15H21N3O3/c1-19-12-5-4-11(14(20-2)15(12)21-3)10-16-7-6-13-17-8-9-18-13/h4-5,8-9,16H,6-7,10H2,1-3H3,(H,17,18). The minimum absolute atomic E-state index is 0.616. The molecule has 0 unspecified atom stereocenters. The molecule has 0 aliphatic heterocycles. The zero-order valence-corrected chi connectivity index (χ0v) is 12.6. The van der Waals surface area contributed by atoms with Crippen molar-refractivity contribution in [3.05, 3.63) is 35.9 Å². The van der Waals surface area contributed by atoms with Gasteiger partial charge >= 0.3 is 0 Å². The fourth-order valence-corrected chi connectivity index (χ4v) is 2.17. The highest BCUT2D eigenvalue weighted by molar-refractivity contribution is 5.55. The summed E-state index contributed by atoms with van der Waals surface area (Å²) in [4.78, 5) is 7.27. The summed E-state index contributed by atoms with van der Waals surface area (Å²) in [6.07, 6.45) is 4.43. The third kappa shape index (κ3) is 3.66. The van der Waals surface area contributed by atoms with Gasteiger partial charge in [0.15, 0.2) is 11.5 Å². The molecule has 0 saturated carbocycles. The summed E-state index contributed by atoms with van der Waals surface area (Å²) in [5.74, 6) is 2.95. The molecule has 1 aromatic heterocycles. The first-order chi connectivity index (χ1) is 10.3. The van der Waals surface area contributed by atoms with E-state index in [2.05, 4.69) is 15.3 Å². The van der Waals surface area contributed by atoms with Crippen LogP contribution in [0.1, 0.15) is 11.4 Å². The molecule has 2 rings (SSSR count). The summed E-state index contributed by atoms with van der Waals surface area (Å²) in [6.45, 7) is 1.51. The van der Waals surface area contributed by atoms with E-state index in [-0.39, 0.29) is 0 Å². The zero-order chi connectivity index (χ0) is 15.1. The summed E-state index contributed by atoms with van der Waals surface area (Å²) in [6, 6.07) is 3.85. The SMILES string of the molecule is COc1ccc(CNCCc2ncc[nH]2)c(OC)c1OC. The third-order valence-corrected chi connectivity index (χ3v) is 3.19. The van der Waals surface area contributed by atoms with Crippen molar-refractivity contribution in [3.63, 3.8) is 0 Å². The normalized spacial score (nSPS) is 10.4. The van der Waals surface area contributed by atoms with Gasteiger partial charge in [0.05, 0.1) is 21.3 Å². The van der Waals surface area contributed by atoms with Crippen LogP contribution in [0.2, 0.25) is 0 Å². The summed E-state index contributed by atoms with van der Waals surface area (Å²) in [5.41, 5.74) is 1.02. The van der Waals surface area contributed by atoms with Gasteiger partial charge in [0.1, 0.15) is 5.82 Å². The number of ether oxygens (including phenoxy) is 3. The van der Waals surface area contributed by atoms with Gasteiger partial charge in [-0.05, 0) is 6.07 Å². The molecule has 0 amide bonds. The van der Waals surface area contributed by atoms with Gasteiger partial charge in [0, 0.05) is 37.5 Å². The molecular formula is C15H21N3O3. The molecule has 114 valence electrons. The fourth-order valence-electron chi connectivity index (χ4n) is 2.17. The van der Waals surface area contributed by atoms with Crippen molar-refractivity contribution in [3.8, 4) is 17.2 Å². The van der Waals surface area contributed by atoms with Crippen molar-refractivity contribution >= 4 is 0 Å². The van der Waals surface area contributed by atoms with Crippen LogP contribution in [-0.4, -0.2) is 37.8 Å². The van der Waals surface area contributed by atoms with Crippen LogP contribution < -0.4 is 19.5 Å². The molecule has 2 aromatic rings. The lowest BCUT2D eigenvalue weighted by Gasteiger charge is -2.16. The van der Waals surface area contributed by atoms with Gasteiger partial charge in [-0.2, -0.15) is 0 Å². The van der Waals surface area contributed by atoms with Crippen LogP contribution in [0, 0.1) is 0 Å². The Morgan fingerprint density at radius 1 is 1.10 bits per heavy atom. The highest BCUT2D eigenvalue weighted by atomic mass is 16.5. The van der Waals surface area contributed by atoms with Gasteiger partial charge < -0.3 is 24.5 Å². The number of benzene rings is 1. The Bertz CT molecular complexity index is 556. The Labute approximate surface area is 124 Å². The van der Waals surface area contributed by atoms with Crippen LogP contribution in [0.4, 0.5) is 0 Å². The van der Waals surface area contributed by atoms with E-state index in [1.807, 2.05) is 18.3 Å². The van der Waals surface area contributed by atoms with E-state index < -0.39 is 0 Å². The molecule has 0 radical (unpaired) electrons. The lowest BCUT2D eigenvalue weighted by atomic mass is 10.1. The van der Waals surface area contributed by atoms with E-state index in [9.17, 15) is 0 Å². The second-order valence-electron chi connectivity index (χ2n) is 4.46. The van der Waals surface area contributed by atoms with E-state index >= 15 is 0 Å². The van der Waals surface area contributed by atoms with Crippen molar-refractivity contribution in [2.75, 3.05) is 27.9 Å². The molecule has 0 spiro atoms. The number of aromatic amines is 1. The molecule has 21 heavy (non-hydrogen) atoms. The molecule has 0 atom stereocenters. The van der Waals surface area contributed by atoms with Crippen LogP contribution in [0.25, 0.3) is 0 Å². The summed E-state index contributed by atoms with van der Waals surface area (Å²) in [5, 5.41) is 3.37. The quantitative estimate of drug-likeness (QED) is 0.725. The van der Waals surface area contributed by atoms with Gasteiger partial charge in [0.25, 0.3) is 0 Å². The average molecular weight is 291 g/mol. The van der Waals surface area contributed by atoms with Crippen molar-refractivity contribution in [1.82, 2.24) is 15.3 Å². The molecule has 0 aliphatic carbocycles. The first-order valence-electron chi connectivity index (χ1n) is 6.77. The summed E-state index contributed by atoms with van der Waals surface area (Å²) < 4.78 is 16.1. The van der Waals surface area contributed by atoms with Crippen LogP contribution in [0.3, 0.4) is 0 Å². The number of hydrogen-bond acceptors (Lipinski definition) is 5. The maximum absolute atomic E-state index is 5.45. The summed E-state index contributed by atoms with van der Waals surface area (Å²) in [7, 11) is 4.84. The molecule has 2 N–H and O–H groups in total. The number of imidazole rings is 1. The molecule has 6 nitrogen and oxygen atoms in total. The predicted octanol–water partition coefficient (Wildman–Crippen LogP) is 1.77. The molecule has 0 fully saturated rings. The first-order valence-corrected chi connectivity index (χ1v) is 6.77. The topological polar surface area (TPSA) is 68.4 Å². The number of hydrogen-bond donors (Lipinski definition) is 2.